The Morgan fingerprint density at radius 1 is 1.31 bits per heavy atom. The molecule has 0 amide bonds. The van der Waals surface area contributed by atoms with Gasteiger partial charge < -0.3 is 25.3 Å². The molecule has 2 heterocycles. The second-order valence-electron chi connectivity index (χ2n) is 6.98. The van der Waals surface area contributed by atoms with Crippen molar-refractivity contribution in [2.45, 2.75) is 38.4 Å². The molecule has 4 N–H and O–H groups in total. The van der Waals surface area contributed by atoms with Crippen LogP contribution in [0.1, 0.15) is 37.0 Å². The fraction of sp³-hybridized carbons (Fsp3) is 0.364. The van der Waals surface area contributed by atoms with E-state index < -0.39 is 18.2 Å². The summed E-state index contributed by atoms with van der Waals surface area (Å²) in [5.41, 5.74) is 2.70. The largest absolute Gasteiger partial charge is 0.479 e. The zero-order valence-corrected chi connectivity index (χ0v) is 16.5. The summed E-state index contributed by atoms with van der Waals surface area (Å²) < 4.78 is 5.76. The first kappa shape index (κ1) is 20.8. The topological polar surface area (TPSA) is 107 Å². The Morgan fingerprint density at radius 3 is 2.90 bits per heavy atom. The van der Waals surface area contributed by atoms with E-state index in [4.69, 9.17) is 4.74 Å². The monoisotopic (exact) mass is 397 g/mol. The van der Waals surface area contributed by atoms with Gasteiger partial charge in [0.25, 0.3) is 0 Å². The Morgan fingerprint density at radius 2 is 2.17 bits per heavy atom. The number of benzene rings is 1. The van der Waals surface area contributed by atoms with E-state index in [0.29, 0.717) is 25.3 Å². The summed E-state index contributed by atoms with van der Waals surface area (Å²) in [6.07, 6.45) is 5.77. The third-order valence-electron chi connectivity index (χ3n) is 4.84. The molecule has 2 atom stereocenters. The normalized spacial score (nSPS) is 13.3. The quantitative estimate of drug-likeness (QED) is 0.371. The molecule has 0 aliphatic heterocycles. The lowest BCUT2D eigenvalue weighted by molar-refractivity contribution is -0.145. The lowest BCUT2D eigenvalue weighted by Crippen LogP contribution is -2.26. The molecule has 1 aromatic carbocycles. The fourth-order valence-corrected chi connectivity index (χ4v) is 3.29. The Labute approximate surface area is 169 Å². The SMILES string of the molecule is CCC[C@H](Oc1cccc2c(CCNC[C@H](O)c3cccnc3)c[nH]c12)C(=O)O. The number of aliphatic carboxylic acids is 1. The van der Waals surface area contributed by atoms with Crippen LogP contribution >= 0.6 is 0 Å². The highest BCUT2D eigenvalue weighted by molar-refractivity contribution is 5.88. The maximum atomic E-state index is 11.4. The van der Waals surface area contributed by atoms with Crippen molar-refractivity contribution >= 4 is 16.9 Å². The van der Waals surface area contributed by atoms with Crippen LogP contribution in [0.3, 0.4) is 0 Å². The van der Waals surface area contributed by atoms with Crippen LogP contribution < -0.4 is 10.1 Å². The van der Waals surface area contributed by atoms with Crippen LogP contribution in [0, 0.1) is 0 Å². The minimum atomic E-state index is -0.952. The number of para-hydroxylation sites is 1. The Kier molecular flexibility index (Phi) is 7.21. The number of carboxylic acids is 1. The van der Waals surface area contributed by atoms with E-state index in [1.54, 1.807) is 24.5 Å². The summed E-state index contributed by atoms with van der Waals surface area (Å²) in [7, 11) is 0. The summed E-state index contributed by atoms with van der Waals surface area (Å²) >= 11 is 0. The summed E-state index contributed by atoms with van der Waals surface area (Å²) in [5, 5.41) is 23.8. The molecule has 2 aromatic heterocycles. The van der Waals surface area contributed by atoms with Gasteiger partial charge in [-0.1, -0.05) is 31.5 Å². The van der Waals surface area contributed by atoms with Crippen LogP contribution in [0.5, 0.6) is 5.75 Å². The van der Waals surface area contributed by atoms with Crippen molar-refractivity contribution in [1.29, 1.82) is 0 Å². The first-order chi connectivity index (χ1) is 14.1. The van der Waals surface area contributed by atoms with E-state index in [-0.39, 0.29) is 0 Å². The van der Waals surface area contributed by atoms with Crippen molar-refractivity contribution < 1.29 is 19.7 Å². The van der Waals surface area contributed by atoms with Crippen LogP contribution in [-0.2, 0) is 11.2 Å². The number of hydrogen-bond acceptors (Lipinski definition) is 5. The smallest absolute Gasteiger partial charge is 0.344 e. The van der Waals surface area contributed by atoms with Crippen LogP contribution in [0.25, 0.3) is 10.9 Å². The highest BCUT2D eigenvalue weighted by Gasteiger charge is 2.20. The molecule has 0 fully saturated rings. The Hall–Kier alpha value is -2.90. The predicted molar refractivity (Wildman–Crippen MR) is 111 cm³/mol. The number of aliphatic hydroxyl groups excluding tert-OH is 1. The number of carbonyl (C=O) groups is 1. The van der Waals surface area contributed by atoms with E-state index >= 15 is 0 Å². The van der Waals surface area contributed by atoms with Gasteiger partial charge in [0.05, 0.1) is 11.6 Å². The second-order valence-corrected chi connectivity index (χ2v) is 6.98. The number of pyridine rings is 1. The van der Waals surface area contributed by atoms with Gasteiger partial charge in [-0.15, -0.1) is 0 Å². The molecular weight excluding hydrogens is 370 g/mol. The first-order valence-corrected chi connectivity index (χ1v) is 9.87. The summed E-state index contributed by atoms with van der Waals surface area (Å²) in [4.78, 5) is 18.6. The Bertz CT molecular complexity index is 926. The molecule has 0 aliphatic carbocycles. The number of fused-ring (bicyclic) bond motifs is 1. The van der Waals surface area contributed by atoms with Gasteiger partial charge in [-0.3, -0.25) is 4.98 Å². The van der Waals surface area contributed by atoms with Crippen molar-refractivity contribution in [3.63, 3.8) is 0 Å². The number of hydrogen-bond donors (Lipinski definition) is 4. The van der Waals surface area contributed by atoms with Crippen LogP contribution in [0.2, 0.25) is 0 Å². The van der Waals surface area contributed by atoms with Crippen molar-refractivity contribution in [2.75, 3.05) is 13.1 Å². The van der Waals surface area contributed by atoms with E-state index in [1.165, 1.54) is 0 Å². The number of ether oxygens (including phenoxy) is 1. The van der Waals surface area contributed by atoms with Crippen molar-refractivity contribution in [1.82, 2.24) is 15.3 Å². The first-order valence-electron chi connectivity index (χ1n) is 9.87. The van der Waals surface area contributed by atoms with Gasteiger partial charge in [0.15, 0.2) is 6.10 Å². The number of nitrogens with one attached hydrogen (secondary N) is 2. The van der Waals surface area contributed by atoms with E-state index in [2.05, 4.69) is 15.3 Å². The van der Waals surface area contributed by atoms with Crippen LogP contribution in [0.15, 0.2) is 48.9 Å². The van der Waals surface area contributed by atoms with Gasteiger partial charge in [0.1, 0.15) is 5.75 Å². The van der Waals surface area contributed by atoms with Gasteiger partial charge >= 0.3 is 5.97 Å². The molecular formula is C22H27N3O4. The minimum absolute atomic E-state index is 0.444. The van der Waals surface area contributed by atoms with E-state index in [9.17, 15) is 15.0 Å². The van der Waals surface area contributed by atoms with E-state index in [0.717, 1.165) is 34.9 Å². The van der Waals surface area contributed by atoms with Gasteiger partial charge in [-0.25, -0.2) is 4.79 Å². The third kappa shape index (κ3) is 5.34. The summed E-state index contributed by atoms with van der Waals surface area (Å²) in [5.74, 6) is -0.401. The molecule has 7 heteroatoms. The molecule has 0 saturated carbocycles. The van der Waals surface area contributed by atoms with Gasteiger partial charge in [0, 0.05) is 36.1 Å². The van der Waals surface area contributed by atoms with Gasteiger partial charge in [-0.2, -0.15) is 0 Å². The van der Waals surface area contributed by atoms with E-state index in [1.807, 2.05) is 31.3 Å². The number of aromatic nitrogens is 2. The van der Waals surface area contributed by atoms with Crippen LogP contribution in [0.4, 0.5) is 0 Å². The number of nitrogens with zero attached hydrogens (tertiary/aromatic N) is 1. The third-order valence-corrected chi connectivity index (χ3v) is 4.84. The molecule has 3 rings (SSSR count). The minimum Gasteiger partial charge on any atom is -0.479 e. The molecule has 0 aliphatic rings. The summed E-state index contributed by atoms with van der Waals surface area (Å²) in [6.45, 7) is 3.08. The molecule has 3 aromatic rings. The van der Waals surface area contributed by atoms with Crippen molar-refractivity contribution in [3.05, 3.63) is 60.0 Å². The highest BCUT2D eigenvalue weighted by Crippen LogP contribution is 2.28. The number of aliphatic hydroxyl groups is 1. The van der Waals surface area contributed by atoms with Crippen LogP contribution in [-0.4, -0.2) is 45.3 Å². The summed E-state index contributed by atoms with van der Waals surface area (Å²) in [6, 6.07) is 9.31. The molecule has 0 spiro atoms. The number of aromatic amines is 1. The molecule has 29 heavy (non-hydrogen) atoms. The number of H-pyrrole nitrogens is 1. The standard InChI is InChI=1S/C22H27N3O4/c1-2-5-20(22(27)28)29-19-8-3-7-17-15(13-25-21(17)19)9-11-24-14-18(26)16-6-4-10-23-12-16/h3-4,6-8,10,12-13,18,20,24-26H,2,5,9,11,14H2,1H3,(H,27,28)/t18-,20-/m0/s1. The molecule has 0 bridgehead atoms. The van der Waals surface area contributed by atoms with Crippen molar-refractivity contribution in [3.8, 4) is 5.75 Å². The van der Waals surface area contributed by atoms with Gasteiger partial charge in [-0.05, 0) is 37.1 Å². The maximum absolute atomic E-state index is 11.4. The van der Waals surface area contributed by atoms with Crippen molar-refractivity contribution in [2.24, 2.45) is 0 Å². The zero-order valence-electron chi connectivity index (χ0n) is 16.5. The fourth-order valence-electron chi connectivity index (χ4n) is 3.29. The average molecular weight is 397 g/mol. The van der Waals surface area contributed by atoms with Gasteiger partial charge in [0.2, 0.25) is 0 Å². The highest BCUT2D eigenvalue weighted by atomic mass is 16.5. The zero-order chi connectivity index (χ0) is 20.6. The molecule has 0 radical (unpaired) electrons. The average Bonchev–Trinajstić information content (AvgIpc) is 3.15. The lowest BCUT2D eigenvalue weighted by atomic mass is 10.1. The number of carboxylic acid groups (broad SMARTS) is 1. The molecule has 154 valence electrons. The predicted octanol–water partition coefficient (Wildman–Crippen LogP) is 3.06. The molecule has 0 saturated heterocycles. The maximum Gasteiger partial charge on any atom is 0.344 e. The molecule has 7 nitrogen and oxygen atoms in total. The second kappa shape index (κ2) is 10.0. The number of rotatable bonds is 11. The Balaban J connectivity index is 1.60. The lowest BCUT2D eigenvalue weighted by Gasteiger charge is -2.15. The molecule has 0 unspecified atom stereocenters.